The molecule has 1 saturated carbocycles. The predicted molar refractivity (Wildman–Crippen MR) is 64.2 cm³/mol. The Hall–Kier alpha value is -0.220. The lowest BCUT2D eigenvalue weighted by Gasteiger charge is -2.21. The molecular formula is C11H21NO2S. The molecule has 15 heavy (non-hydrogen) atoms. The van der Waals surface area contributed by atoms with Gasteiger partial charge in [0.25, 0.3) is 0 Å². The molecule has 0 heterocycles. The van der Waals surface area contributed by atoms with E-state index in [1.807, 2.05) is 11.8 Å². The highest BCUT2D eigenvalue weighted by atomic mass is 32.2. The summed E-state index contributed by atoms with van der Waals surface area (Å²) in [6, 6.07) is 0.347. The first-order chi connectivity index (χ1) is 7.19. The maximum absolute atomic E-state index is 11.6. The number of thioether (sulfide) groups is 1. The molecule has 3 nitrogen and oxygen atoms in total. The second kappa shape index (κ2) is 6.38. The van der Waals surface area contributed by atoms with Gasteiger partial charge in [0, 0.05) is 18.4 Å². The van der Waals surface area contributed by atoms with Crippen LogP contribution in [0.3, 0.4) is 0 Å². The van der Waals surface area contributed by atoms with Gasteiger partial charge in [0.15, 0.2) is 0 Å². The monoisotopic (exact) mass is 231 g/mol. The van der Waals surface area contributed by atoms with E-state index >= 15 is 0 Å². The first-order valence-corrected chi connectivity index (χ1v) is 6.68. The van der Waals surface area contributed by atoms with Crippen molar-refractivity contribution in [2.45, 2.75) is 50.5 Å². The van der Waals surface area contributed by atoms with Gasteiger partial charge in [-0.1, -0.05) is 13.3 Å². The Morgan fingerprint density at radius 3 is 2.93 bits per heavy atom. The molecule has 1 aliphatic carbocycles. The highest BCUT2D eigenvalue weighted by Gasteiger charge is 2.29. The van der Waals surface area contributed by atoms with Crippen LogP contribution in [0, 0.1) is 0 Å². The van der Waals surface area contributed by atoms with Crippen LogP contribution in [0.5, 0.6) is 0 Å². The lowest BCUT2D eigenvalue weighted by molar-refractivity contribution is -0.130. The summed E-state index contributed by atoms with van der Waals surface area (Å²) < 4.78 is 5.00. The lowest BCUT2D eigenvalue weighted by Crippen LogP contribution is -2.43. The second-order valence-corrected chi connectivity index (χ2v) is 5.43. The molecule has 0 aromatic rings. The van der Waals surface area contributed by atoms with E-state index in [2.05, 4.69) is 12.2 Å². The minimum atomic E-state index is -0.335. The van der Waals surface area contributed by atoms with E-state index in [4.69, 9.17) is 4.74 Å². The average Bonchev–Trinajstić information content (AvgIpc) is 2.65. The van der Waals surface area contributed by atoms with E-state index in [-0.39, 0.29) is 12.0 Å². The maximum Gasteiger partial charge on any atom is 0.249 e. The summed E-state index contributed by atoms with van der Waals surface area (Å²) in [6.45, 7) is 3.95. The normalized spacial score (nSPS) is 27.7. The third-order valence-electron chi connectivity index (χ3n) is 2.88. The molecule has 0 aromatic heterocycles. The fourth-order valence-electron chi connectivity index (χ4n) is 1.91. The van der Waals surface area contributed by atoms with Crippen molar-refractivity contribution in [1.82, 2.24) is 5.32 Å². The van der Waals surface area contributed by atoms with Crippen molar-refractivity contribution in [3.63, 3.8) is 0 Å². The molecule has 0 saturated heterocycles. The Balaban J connectivity index is 2.39. The molecule has 0 aliphatic heterocycles. The van der Waals surface area contributed by atoms with Crippen molar-refractivity contribution in [1.29, 1.82) is 0 Å². The number of methoxy groups -OCH3 is 1. The molecule has 88 valence electrons. The first kappa shape index (κ1) is 12.8. The molecule has 0 radical (unpaired) electrons. The van der Waals surface area contributed by atoms with E-state index in [1.54, 1.807) is 14.0 Å². The number of carbonyl (C=O) groups excluding carboxylic acids is 1. The van der Waals surface area contributed by atoms with Gasteiger partial charge >= 0.3 is 0 Å². The van der Waals surface area contributed by atoms with Crippen LogP contribution >= 0.6 is 11.8 Å². The smallest absolute Gasteiger partial charge is 0.249 e. The zero-order chi connectivity index (χ0) is 11.3. The Bertz CT molecular complexity index is 211. The number of nitrogens with one attached hydrogen (secondary N) is 1. The molecule has 1 fully saturated rings. The van der Waals surface area contributed by atoms with Gasteiger partial charge in [-0.05, 0) is 25.5 Å². The van der Waals surface area contributed by atoms with E-state index < -0.39 is 0 Å². The number of carbonyl (C=O) groups is 1. The standard InChI is InChI=1S/C11H21NO2S/c1-4-15-10-7-5-6-9(10)12-11(13)8(2)14-3/h8-10H,4-7H2,1-3H3,(H,12,13). The van der Waals surface area contributed by atoms with Crippen molar-refractivity contribution >= 4 is 17.7 Å². The van der Waals surface area contributed by atoms with Crippen LogP contribution in [0.2, 0.25) is 0 Å². The lowest BCUT2D eigenvalue weighted by atomic mass is 10.2. The van der Waals surface area contributed by atoms with Crippen molar-refractivity contribution < 1.29 is 9.53 Å². The molecular weight excluding hydrogens is 210 g/mol. The van der Waals surface area contributed by atoms with Crippen LogP contribution in [0.4, 0.5) is 0 Å². The summed E-state index contributed by atoms with van der Waals surface area (Å²) >= 11 is 1.95. The van der Waals surface area contributed by atoms with Gasteiger partial charge in [-0.2, -0.15) is 11.8 Å². The SMILES string of the molecule is CCSC1CCCC1NC(=O)C(C)OC. The van der Waals surface area contributed by atoms with E-state index in [0.29, 0.717) is 11.3 Å². The van der Waals surface area contributed by atoms with Gasteiger partial charge < -0.3 is 10.1 Å². The molecule has 4 heteroatoms. The number of amides is 1. The highest BCUT2D eigenvalue weighted by molar-refractivity contribution is 7.99. The Kier molecular flexibility index (Phi) is 5.47. The number of hydrogen-bond donors (Lipinski definition) is 1. The Morgan fingerprint density at radius 2 is 2.33 bits per heavy atom. The molecule has 0 aromatic carbocycles. The van der Waals surface area contributed by atoms with Crippen LogP contribution < -0.4 is 5.32 Å². The van der Waals surface area contributed by atoms with Gasteiger partial charge in [0.05, 0.1) is 0 Å². The fourth-order valence-corrected chi connectivity index (χ4v) is 3.11. The van der Waals surface area contributed by atoms with Gasteiger partial charge in [-0.15, -0.1) is 0 Å². The zero-order valence-corrected chi connectivity index (χ0v) is 10.6. The van der Waals surface area contributed by atoms with Crippen LogP contribution in [0.25, 0.3) is 0 Å². The number of hydrogen-bond acceptors (Lipinski definition) is 3. The summed E-state index contributed by atoms with van der Waals surface area (Å²) in [7, 11) is 1.57. The number of rotatable bonds is 5. The van der Waals surface area contributed by atoms with E-state index in [1.165, 1.54) is 12.8 Å². The maximum atomic E-state index is 11.6. The topological polar surface area (TPSA) is 38.3 Å². The second-order valence-electron chi connectivity index (χ2n) is 3.92. The number of ether oxygens (including phenoxy) is 1. The van der Waals surface area contributed by atoms with Crippen LogP contribution in [0.1, 0.15) is 33.1 Å². The predicted octanol–water partition coefficient (Wildman–Crippen LogP) is 1.81. The Morgan fingerprint density at radius 1 is 1.60 bits per heavy atom. The van der Waals surface area contributed by atoms with Gasteiger partial charge in [0.1, 0.15) is 6.10 Å². The summed E-state index contributed by atoms with van der Waals surface area (Å²) in [6.07, 6.45) is 3.23. The Labute approximate surface area is 96.3 Å². The summed E-state index contributed by atoms with van der Waals surface area (Å²) in [5.41, 5.74) is 0. The first-order valence-electron chi connectivity index (χ1n) is 5.63. The van der Waals surface area contributed by atoms with Gasteiger partial charge in [-0.3, -0.25) is 4.79 Å². The minimum absolute atomic E-state index is 0.0195. The quantitative estimate of drug-likeness (QED) is 0.784. The van der Waals surface area contributed by atoms with Crippen LogP contribution in [0.15, 0.2) is 0 Å². The van der Waals surface area contributed by atoms with Crippen molar-refractivity contribution in [3.05, 3.63) is 0 Å². The zero-order valence-electron chi connectivity index (χ0n) is 9.79. The highest BCUT2D eigenvalue weighted by Crippen LogP contribution is 2.29. The average molecular weight is 231 g/mol. The van der Waals surface area contributed by atoms with Crippen LogP contribution in [-0.4, -0.2) is 36.2 Å². The largest absolute Gasteiger partial charge is 0.372 e. The van der Waals surface area contributed by atoms with Crippen molar-refractivity contribution in [3.8, 4) is 0 Å². The van der Waals surface area contributed by atoms with Gasteiger partial charge in [0.2, 0.25) is 5.91 Å². The third-order valence-corrected chi connectivity index (χ3v) is 4.21. The van der Waals surface area contributed by atoms with Crippen molar-refractivity contribution in [2.75, 3.05) is 12.9 Å². The summed E-state index contributed by atoms with van der Waals surface area (Å²) in [5, 5.41) is 3.68. The fraction of sp³-hybridized carbons (Fsp3) is 0.909. The molecule has 1 aliphatic rings. The molecule has 1 N–H and O–H groups in total. The van der Waals surface area contributed by atoms with E-state index in [9.17, 15) is 4.79 Å². The molecule has 0 spiro atoms. The molecule has 1 amide bonds. The van der Waals surface area contributed by atoms with Crippen LogP contribution in [-0.2, 0) is 9.53 Å². The summed E-state index contributed by atoms with van der Waals surface area (Å²) in [4.78, 5) is 11.6. The molecule has 0 bridgehead atoms. The molecule has 3 unspecified atom stereocenters. The molecule has 3 atom stereocenters. The molecule has 1 rings (SSSR count). The van der Waals surface area contributed by atoms with Crippen molar-refractivity contribution in [2.24, 2.45) is 0 Å². The summed E-state index contributed by atoms with van der Waals surface area (Å²) in [5.74, 6) is 1.14. The third kappa shape index (κ3) is 3.68. The van der Waals surface area contributed by atoms with E-state index in [0.717, 1.165) is 12.2 Å². The van der Waals surface area contributed by atoms with Gasteiger partial charge in [-0.25, -0.2) is 0 Å². The minimum Gasteiger partial charge on any atom is -0.372 e.